The van der Waals surface area contributed by atoms with E-state index in [0.29, 0.717) is 24.2 Å². The maximum Gasteiger partial charge on any atom is 0.242 e. The molecule has 5 nitrogen and oxygen atoms in total. The number of sulfonamides is 1. The van der Waals surface area contributed by atoms with E-state index in [1.165, 1.54) is 31.0 Å². The van der Waals surface area contributed by atoms with E-state index >= 15 is 0 Å². The van der Waals surface area contributed by atoms with E-state index < -0.39 is 10.0 Å². The molecule has 0 spiro atoms. The Labute approximate surface area is 118 Å². The quantitative estimate of drug-likeness (QED) is 0.777. The highest BCUT2D eigenvalue weighted by molar-refractivity contribution is 7.89. The number of hydrogen-bond acceptors (Lipinski definition) is 4. The lowest BCUT2D eigenvalue weighted by molar-refractivity contribution is 0.329. The second-order valence-corrected chi connectivity index (χ2v) is 6.96. The molecule has 0 aromatic heterocycles. The molecule has 0 unspecified atom stereocenters. The Kier molecular flexibility index (Phi) is 4.35. The third-order valence-corrected chi connectivity index (χ3v) is 4.96. The van der Waals surface area contributed by atoms with Crippen molar-refractivity contribution in [3.8, 4) is 0 Å². The SMILES string of the molecule is CN(CCNS(=O)(=O)c1ccc(Cl)cc1N)C1CC1. The summed E-state index contributed by atoms with van der Waals surface area (Å²) >= 11 is 5.75. The number of halogens is 1. The summed E-state index contributed by atoms with van der Waals surface area (Å²) in [4.78, 5) is 2.24. The first-order valence-corrected chi connectivity index (χ1v) is 8.01. The van der Waals surface area contributed by atoms with Gasteiger partial charge in [-0.05, 0) is 38.1 Å². The third kappa shape index (κ3) is 3.82. The first-order valence-electron chi connectivity index (χ1n) is 6.15. The molecule has 106 valence electrons. The Morgan fingerprint density at radius 3 is 2.74 bits per heavy atom. The second kappa shape index (κ2) is 5.66. The summed E-state index contributed by atoms with van der Waals surface area (Å²) < 4.78 is 26.7. The Morgan fingerprint density at radius 1 is 1.47 bits per heavy atom. The minimum atomic E-state index is -3.57. The van der Waals surface area contributed by atoms with Crippen molar-refractivity contribution in [2.75, 3.05) is 25.9 Å². The highest BCUT2D eigenvalue weighted by atomic mass is 35.5. The van der Waals surface area contributed by atoms with Crippen molar-refractivity contribution in [3.05, 3.63) is 23.2 Å². The van der Waals surface area contributed by atoms with Gasteiger partial charge in [0.05, 0.1) is 5.69 Å². The number of nitrogens with zero attached hydrogens (tertiary/aromatic N) is 1. The molecule has 19 heavy (non-hydrogen) atoms. The van der Waals surface area contributed by atoms with Gasteiger partial charge >= 0.3 is 0 Å². The Balaban J connectivity index is 1.97. The van der Waals surface area contributed by atoms with Gasteiger partial charge in [-0.1, -0.05) is 11.6 Å². The van der Waals surface area contributed by atoms with Gasteiger partial charge in [-0.15, -0.1) is 0 Å². The summed E-state index contributed by atoms with van der Waals surface area (Å²) in [5, 5.41) is 0.421. The average Bonchev–Trinajstić information content (AvgIpc) is 3.11. The predicted octanol–water partition coefficient (Wildman–Crippen LogP) is 1.29. The van der Waals surface area contributed by atoms with Crippen LogP contribution in [0.15, 0.2) is 23.1 Å². The van der Waals surface area contributed by atoms with Gasteiger partial charge in [-0.3, -0.25) is 0 Å². The van der Waals surface area contributed by atoms with Crippen LogP contribution in [0, 0.1) is 0 Å². The van der Waals surface area contributed by atoms with Crippen LogP contribution in [-0.4, -0.2) is 39.5 Å². The molecule has 1 aromatic rings. The van der Waals surface area contributed by atoms with Gasteiger partial charge in [0.1, 0.15) is 4.90 Å². The summed E-state index contributed by atoms with van der Waals surface area (Å²) in [5.74, 6) is 0. The fourth-order valence-corrected chi connectivity index (χ4v) is 3.21. The standard InChI is InChI=1S/C12H18ClN3O2S/c1-16(10-3-4-10)7-6-15-19(17,18)12-5-2-9(13)8-11(12)14/h2,5,8,10,15H,3-4,6-7,14H2,1H3. The number of nitrogen functional groups attached to an aromatic ring is 1. The number of nitrogens with two attached hydrogens (primary N) is 1. The van der Waals surface area contributed by atoms with Crippen molar-refractivity contribution in [2.24, 2.45) is 0 Å². The molecular weight excluding hydrogens is 286 g/mol. The average molecular weight is 304 g/mol. The van der Waals surface area contributed by atoms with Crippen LogP contribution >= 0.6 is 11.6 Å². The summed E-state index contributed by atoms with van der Waals surface area (Å²) in [6.07, 6.45) is 2.40. The Morgan fingerprint density at radius 2 is 2.16 bits per heavy atom. The van der Waals surface area contributed by atoms with E-state index in [1.54, 1.807) is 0 Å². The molecule has 2 rings (SSSR count). The minimum Gasteiger partial charge on any atom is -0.398 e. The molecule has 1 aliphatic rings. The fourth-order valence-electron chi connectivity index (χ4n) is 1.90. The number of nitrogens with one attached hydrogen (secondary N) is 1. The number of rotatable bonds is 6. The monoisotopic (exact) mass is 303 g/mol. The molecule has 0 saturated heterocycles. The van der Waals surface area contributed by atoms with Crippen LogP contribution in [0.5, 0.6) is 0 Å². The zero-order chi connectivity index (χ0) is 14.0. The van der Waals surface area contributed by atoms with Gasteiger partial charge in [0.15, 0.2) is 0 Å². The first-order chi connectivity index (χ1) is 8.90. The van der Waals surface area contributed by atoms with Crippen molar-refractivity contribution in [3.63, 3.8) is 0 Å². The smallest absolute Gasteiger partial charge is 0.242 e. The summed E-state index contributed by atoms with van der Waals surface area (Å²) in [5.41, 5.74) is 5.85. The van der Waals surface area contributed by atoms with E-state index in [0.717, 1.165) is 0 Å². The lowest BCUT2D eigenvalue weighted by Gasteiger charge is -2.16. The van der Waals surface area contributed by atoms with Crippen LogP contribution in [0.2, 0.25) is 5.02 Å². The lowest BCUT2D eigenvalue weighted by atomic mass is 10.3. The molecular formula is C12H18ClN3O2S. The molecule has 0 aliphatic heterocycles. The van der Waals surface area contributed by atoms with E-state index in [4.69, 9.17) is 17.3 Å². The zero-order valence-corrected chi connectivity index (χ0v) is 12.3. The Hall–Kier alpha value is -0.820. The van der Waals surface area contributed by atoms with E-state index in [9.17, 15) is 8.42 Å². The van der Waals surface area contributed by atoms with Gasteiger partial charge in [-0.25, -0.2) is 13.1 Å². The van der Waals surface area contributed by atoms with Crippen molar-refractivity contribution in [2.45, 2.75) is 23.8 Å². The molecule has 1 saturated carbocycles. The summed E-state index contributed by atoms with van der Waals surface area (Å²) in [7, 11) is -1.57. The number of anilines is 1. The van der Waals surface area contributed by atoms with Crippen LogP contribution in [-0.2, 0) is 10.0 Å². The largest absolute Gasteiger partial charge is 0.398 e. The van der Waals surface area contributed by atoms with E-state index in [1.807, 2.05) is 7.05 Å². The van der Waals surface area contributed by atoms with Crippen LogP contribution < -0.4 is 10.5 Å². The highest BCUT2D eigenvalue weighted by Gasteiger charge is 2.26. The minimum absolute atomic E-state index is 0.0750. The summed E-state index contributed by atoms with van der Waals surface area (Å²) in [6.45, 7) is 1.06. The van der Waals surface area contributed by atoms with Gasteiger partial charge in [0, 0.05) is 24.2 Å². The summed E-state index contributed by atoms with van der Waals surface area (Å²) in [6, 6.07) is 4.99. The first kappa shape index (κ1) is 14.6. The third-order valence-electron chi connectivity index (χ3n) is 3.19. The van der Waals surface area contributed by atoms with Crippen LogP contribution in [0.1, 0.15) is 12.8 Å². The van der Waals surface area contributed by atoms with E-state index in [-0.39, 0.29) is 10.6 Å². The number of benzene rings is 1. The number of hydrogen-bond donors (Lipinski definition) is 2. The van der Waals surface area contributed by atoms with Crippen LogP contribution in [0.25, 0.3) is 0 Å². The van der Waals surface area contributed by atoms with Crippen molar-refractivity contribution in [1.82, 2.24) is 9.62 Å². The topological polar surface area (TPSA) is 75.4 Å². The second-order valence-electron chi connectivity index (χ2n) is 4.79. The van der Waals surface area contributed by atoms with Crippen molar-refractivity contribution < 1.29 is 8.42 Å². The van der Waals surface area contributed by atoms with Gasteiger partial charge in [-0.2, -0.15) is 0 Å². The fraction of sp³-hybridized carbons (Fsp3) is 0.500. The molecule has 0 bridgehead atoms. The molecule has 1 aliphatic carbocycles. The molecule has 7 heteroatoms. The molecule has 3 N–H and O–H groups in total. The normalized spacial score (nSPS) is 15.9. The molecule has 0 atom stereocenters. The highest BCUT2D eigenvalue weighted by Crippen LogP contribution is 2.25. The molecule has 1 aromatic carbocycles. The van der Waals surface area contributed by atoms with Gasteiger partial charge in [0.25, 0.3) is 0 Å². The van der Waals surface area contributed by atoms with Crippen LogP contribution in [0.4, 0.5) is 5.69 Å². The Bertz CT molecular complexity index is 558. The molecule has 1 fully saturated rings. The maximum absolute atomic E-state index is 12.1. The lowest BCUT2D eigenvalue weighted by Crippen LogP contribution is -2.34. The van der Waals surface area contributed by atoms with Gasteiger partial charge in [0.2, 0.25) is 10.0 Å². The molecule has 0 heterocycles. The zero-order valence-electron chi connectivity index (χ0n) is 10.8. The van der Waals surface area contributed by atoms with Gasteiger partial charge < -0.3 is 10.6 Å². The maximum atomic E-state index is 12.1. The predicted molar refractivity (Wildman–Crippen MR) is 76.7 cm³/mol. The number of likely N-dealkylation sites (N-methyl/N-ethyl adjacent to an activating group) is 1. The molecule has 0 amide bonds. The van der Waals surface area contributed by atoms with Crippen LogP contribution in [0.3, 0.4) is 0 Å². The van der Waals surface area contributed by atoms with E-state index in [2.05, 4.69) is 9.62 Å². The van der Waals surface area contributed by atoms with Crippen molar-refractivity contribution >= 4 is 27.3 Å². The molecule has 0 radical (unpaired) electrons. The van der Waals surface area contributed by atoms with Crippen molar-refractivity contribution in [1.29, 1.82) is 0 Å².